The van der Waals surface area contributed by atoms with Crippen molar-refractivity contribution < 1.29 is 14.6 Å². The van der Waals surface area contributed by atoms with E-state index in [4.69, 9.17) is 15.2 Å². The zero-order valence-electron chi connectivity index (χ0n) is 7.00. The lowest BCUT2D eigenvalue weighted by Crippen LogP contribution is -1.93. The SMILES string of the molecule is COc1cc(N)c(OC)c(O)c1. The van der Waals surface area contributed by atoms with Crippen LogP contribution in [0.25, 0.3) is 0 Å². The highest BCUT2D eigenvalue weighted by Crippen LogP contribution is 2.36. The number of hydrogen-bond donors (Lipinski definition) is 2. The first-order chi connectivity index (χ1) is 5.69. The molecule has 4 nitrogen and oxygen atoms in total. The Bertz CT molecular complexity index is 263. The predicted molar refractivity (Wildman–Crippen MR) is 45.6 cm³/mol. The van der Waals surface area contributed by atoms with Crippen molar-refractivity contribution in [2.24, 2.45) is 0 Å². The van der Waals surface area contributed by atoms with Gasteiger partial charge in [0.2, 0.25) is 0 Å². The number of anilines is 1. The number of nitrogens with two attached hydrogens (primary N) is 1. The van der Waals surface area contributed by atoms with Crippen LogP contribution in [-0.4, -0.2) is 19.3 Å². The summed E-state index contributed by atoms with van der Waals surface area (Å²) in [5, 5.41) is 9.32. The van der Waals surface area contributed by atoms with Crippen molar-refractivity contribution in [3.63, 3.8) is 0 Å². The van der Waals surface area contributed by atoms with Gasteiger partial charge in [-0.2, -0.15) is 0 Å². The minimum atomic E-state index is -0.0191. The molecule has 0 aliphatic carbocycles. The van der Waals surface area contributed by atoms with E-state index in [1.807, 2.05) is 0 Å². The molecule has 0 aliphatic heterocycles. The van der Waals surface area contributed by atoms with E-state index in [1.54, 1.807) is 6.07 Å². The lowest BCUT2D eigenvalue weighted by atomic mass is 10.2. The van der Waals surface area contributed by atoms with Gasteiger partial charge < -0.3 is 20.3 Å². The van der Waals surface area contributed by atoms with Gasteiger partial charge in [0.1, 0.15) is 5.75 Å². The maximum Gasteiger partial charge on any atom is 0.183 e. The lowest BCUT2D eigenvalue weighted by molar-refractivity contribution is 0.368. The Morgan fingerprint density at radius 2 is 1.92 bits per heavy atom. The largest absolute Gasteiger partial charge is 0.504 e. The second-order valence-electron chi connectivity index (χ2n) is 2.27. The molecule has 0 radical (unpaired) electrons. The maximum absolute atomic E-state index is 9.32. The molecule has 0 aromatic heterocycles. The molecule has 3 N–H and O–H groups in total. The molecule has 0 aliphatic rings. The molecule has 0 unspecified atom stereocenters. The van der Waals surface area contributed by atoms with Gasteiger partial charge in [-0.15, -0.1) is 0 Å². The minimum absolute atomic E-state index is 0.0191. The van der Waals surface area contributed by atoms with E-state index in [2.05, 4.69) is 0 Å². The summed E-state index contributed by atoms with van der Waals surface area (Å²) in [6.07, 6.45) is 0. The van der Waals surface area contributed by atoms with E-state index < -0.39 is 0 Å². The minimum Gasteiger partial charge on any atom is -0.504 e. The smallest absolute Gasteiger partial charge is 0.183 e. The summed E-state index contributed by atoms with van der Waals surface area (Å²) in [4.78, 5) is 0. The van der Waals surface area contributed by atoms with Crippen LogP contribution in [0.4, 0.5) is 5.69 Å². The van der Waals surface area contributed by atoms with Crippen molar-refractivity contribution in [1.29, 1.82) is 0 Å². The van der Waals surface area contributed by atoms with Crippen molar-refractivity contribution in [3.05, 3.63) is 12.1 Å². The van der Waals surface area contributed by atoms with Crippen LogP contribution in [0.1, 0.15) is 0 Å². The van der Waals surface area contributed by atoms with Gasteiger partial charge in [-0.25, -0.2) is 0 Å². The van der Waals surface area contributed by atoms with Gasteiger partial charge in [-0.3, -0.25) is 0 Å². The lowest BCUT2D eigenvalue weighted by Gasteiger charge is -2.08. The molecule has 1 aromatic carbocycles. The van der Waals surface area contributed by atoms with Crippen LogP contribution in [-0.2, 0) is 0 Å². The quantitative estimate of drug-likeness (QED) is 0.648. The van der Waals surface area contributed by atoms with Crippen molar-refractivity contribution in [1.82, 2.24) is 0 Å². The van der Waals surface area contributed by atoms with E-state index in [1.165, 1.54) is 20.3 Å². The van der Waals surface area contributed by atoms with Crippen molar-refractivity contribution in [2.75, 3.05) is 20.0 Å². The molecule has 1 rings (SSSR count). The van der Waals surface area contributed by atoms with Crippen molar-refractivity contribution in [3.8, 4) is 17.2 Å². The Hall–Kier alpha value is -1.58. The fourth-order valence-electron chi connectivity index (χ4n) is 0.949. The van der Waals surface area contributed by atoms with Crippen LogP contribution in [0.3, 0.4) is 0 Å². The zero-order chi connectivity index (χ0) is 9.14. The van der Waals surface area contributed by atoms with Crippen molar-refractivity contribution in [2.45, 2.75) is 0 Å². The Labute approximate surface area is 70.5 Å². The van der Waals surface area contributed by atoms with Crippen LogP contribution in [0.2, 0.25) is 0 Å². The second-order valence-corrected chi connectivity index (χ2v) is 2.27. The number of ether oxygens (including phenoxy) is 2. The molecular formula is C8H11NO3. The fourth-order valence-corrected chi connectivity index (χ4v) is 0.949. The zero-order valence-corrected chi connectivity index (χ0v) is 7.00. The van der Waals surface area contributed by atoms with Gasteiger partial charge in [-0.1, -0.05) is 0 Å². The van der Waals surface area contributed by atoms with E-state index >= 15 is 0 Å². The summed E-state index contributed by atoms with van der Waals surface area (Å²) in [6.45, 7) is 0. The van der Waals surface area contributed by atoms with Crippen LogP contribution >= 0.6 is 0 Å². The number of methoxy groups -OCH3 is 2. The van der Waals surface area contributed by atoms with Gasteiger partial charge in [0.15, 0.2) is 11.5 Å². The molecule has 0 spiro atoms. The summed E-state index contributed by atoms with van der Waals surface area (Å²) < 4.78 is 9.72. The number of hydrogen-bond acceptors (Lipinski definition) is 4. The molecule has 66 valence electrons. The number of nitrogen functional groups attached to an aromatic ring is 1. The Balaban J connectivity index is 3.18. The van der Waals surface area contributed by atoms with Crippen LogP contribution in [0.15, 0.2) is 12.1 Å². The molecule has 0 fully saturated rings. The molecule has 12 heavy (non-hydrogen) atoms. The molecular weight excluding hydrogens is 158 g/mol. The third-order valence-electron chi connectivity index (χ3n) is 1.51. The highest BCUT2D eigenvalue weighted by Gasteiger charge is 2.07. The highest BCUT2D eigenvalue weighted by atomic mass is 16.5. The maximum atomic E-state index is 9.32. The average Bonchev–Trinajstić information content (AvgIpc) is 2.03. The number of rotatable bonds is 2. The standard InChI is InChI=1S/C8H11NO3/c1-11-5-3-6(9)8(12-2)7(10)4-5/h3-4,10H,9H2,1-2H3. The van der Waals surface area contributed by atoms with Gasteiger partial charge >= 0.3 is 0 Å². The number of phenols is 1. The van der Waals surface area contributed by atoms with Gasteiger partial charge in [0, 0.05) is 12.1 Å². The Morgan fingerprint density at radius 3 is 2.33 bits per heavy atom. The highest BCUT2D eigenvalue weighted by molar-refractivity contribution is 5.63. The third-order valence-corrected chi connectivity index (χ3v) is 1.51. The number of phenolic OH excluding ortho intramolecular Hbond substituents is 1. The van der Waals surface area contributed by atoms with E-state index in [9.17, 15) is 5.11 Å². The molecule has 0 saturated carbocycles. The Kier molecular flexibility index (Phi) is 2.28. The molecule has 0 heterocycles. The van der Waals surface area contributed by atoms with Gasteiger partial charge in [0.25, 0.3) is 0 Å². The summed E-state index contributed by atoms with van der Waals surface area (Å²) in [7, 11) is 2.94. The number of benzene rings is 1. The first-order valence-corrected chi connectivity index (χ1v) is 3.39. The number of aromatic hydroxyl groups is 1. The molecule has 0 bridgehead atoms. The molecule has 4 heteroatoms. The fraction of sp³-hybridized carbons (Fsp3) is 0.250. The van der Waals surface area contributed by atoms with Crippen molar-refractivity contribution >= 4 is 5.69 Å². The summed E-state index contributed by atoms with van der Waals surface area (Å²) in [5.74, 6) is 0.760. The average molecular weight is 169 g/mol. The molecule has 1 aromatic rings. The van der Waals surface area contributed by atoms with Crippen LogP contribution < -0.4 is 15.2 Å². The van der Waals surface area contributed by atoms with E-state index in [0.29, 0.717) is 11.4 Å². The second kappa shape index (κ2) is 3.21. The monoisotopic (exact) mass is 169 g/mol. The molecule has 0 atom stereocenters. The van der Waals surface area contributed by atoms with Crippen LogP contribution in [0, 0.1) is 0 Å². The summed E-state index contributed by atoms with van der Waals surface area (Å²) >= 11 is 0. The van der Waals surface area contributed by atoms with Crippen LogP contribution in [0.5, 0.6) is 17.2 Å². The first-order valence-electron chi connectivity index (χ1n) is 3.39. The Morgan fingerprint density at radius 1 is 1.25 bits per heavy atom. The van der Waals surface area contributed by atoms with Gasteiger partial charge in [0.05, 0.1) is 19.9 Å². The summed E-state index contributed by atoms with van der Waals surface area (Å²) in [5.41, 5.74) is 5.90. The molecule has 0 amide bonds. The molecule has 0 saturated heterocycles. The topological polar surface area (TPSA) is 64.7 Å². The summed E-state index contributed by atoms with van der Waals surface area (Å²) in [6, 6.07) is 3.02. The van der Waals surface area contributed by atoms with E-state index in [0.717, 1.165) is 0 Å². The predicted octanol–water partition coefficient (Wildman–Crippen LogP) is 0.992. The first kappa shape index (κ1) is 8.52. The van der Waals surface area contributed by atoms with Gasteiger partial charge in [-0.05, 0) is 0 Å². The van der Waals surface area contributed by atoms with E-state index in [-0.39, 0.29) is 11.5 Å². The normalized spacial score (nSPS) is 9.50. The third kappa shape index (κ3) is 1.37.